The fourth-order valence-electron chi connectivity index (χ4n) is 3.01. The Bertz CT molecular complexity index is 964. The lowest BCUT2D eigenvalue weighted by atomic mass is 9.84. The molecule has 1 aliphatic rings. The number of aromatic amines is 1. The second kappa shape index (κ2) is 6.79. The van der Waals surface area contributed by atoms with Crippen molar-refractivity contribution in [3.63, 3.8) is 0 Å². The van der Waals surface area contributed by atoms with Crippen LogP contribution in [0.2, 0.25) is 0 Å². The first-order chi connectivity index (χ1) is 13.0. The molecule has 0 unspecified atom stereocenters. The monoisotopic (exact) mass is 363 g/mol. The molecule has 1 amide bonds. The number of H-pyrrole nitrogens is 1. The smallest absolute Gasteiger partial charge is 0.269 e. The van der Waals surface area contributed by atoms with E-state index in [1.807, 2.05) is 48.5 Å². The first kappa shape index (κ1) is 17.1. The highest BCUT2D eigenvalue weighted by atomic mass is 16.7. The molecule has 0 saturated heterocycles. The van der Waals surface area contributed by atoms with Crippen LogP contribution in [0, 0.1) is 0 Å². The molecule has 0 fully saturated rings. The minimum Gasteiger partial charge on any atom is -0.454 e. The molecule has 0 aliphatic carbocycles. The van der Waals surface area contributed by atoms with Gasteiger partial charge in [-0.2, -0.15) is 5.10 Å². The molecule has 0 bridgehead atoms. The molecule has 2 heterocycles. The van der Waals surface area contributed by atoms with E-state index in [1.165, 1.54) is 0 Å². The van der Waals surface area contributed by atoms with Gasteiger partial charge in [0.2, 0.25) is 6.79 Å². The van der Waals surface area contributed by atoms with Gasteiger partial charge in [-0.3, -0.25) is 9.89 Å². The second-order valence-corrected chi connectivity index (χ2v) is 7.17. The van der Waals surface area contributed by atoms with Crippen molar-refractivity contribution >= 4 is 5.91 Å². The van der Waals surface area contributed by atoms with Crippen LogP contribution in [-0.4, -0.2) is 29.4 Å². The van der Waals surface area contributed by atoms with E-state index in [-0.39, 0.29) is 18.1 Å². The van der Waals surface area contributed by atoms with Crippen LogP contribution in [-0.2, 0) is 5.41 Å². The van der Waals surface area contributed by atoms with Gasteiger partial charge in [-0.25, -0.2) is 0 Å². The number of hydrogen-bond donors (Lipinski definition) is 2. The number of carbonyl (C=O) groups is 1. The Morgan fingerprint density at radius 1 is 1.11 bits per heavy atom. The third kappa shape index (κ3) is 3.51. The average Bonchev–Trinajstić information content (AvgIpc) is 3.35. The molecule has 6 heteroatoms. The summed E-state index contributed by atoms with van der Waals surface area (Å²) in [5, 5.41) is 10.0. The third-order valence-corrected chi connectivity index (χ3v) is 4.74. The molecule has 138 valence electrons. The Labute approximate surface area is 157 Å². The van der Waals surface area contributed by atoms with Crippen molar-refractivity contribution in [3.8, 4) is 22.8 Å². The summed E-state index contributed by atoms with van der Waals surface area (Å²) in [5.41, 5.74) is 2.96. The SMILES string of the molecule is CC(C)(CNC(=O)c1cc(-c2ccccc2)n[nH]1)c1ccc2c(c1)OCO2. The lowest BCUT2D eigenvalue weighted by molar-refractivity contribution is 0.0940. The van der Waals surface area contributed by atoms with Crippen molar-refractivity contribution in [2.24, 2.45) is 0 Å². The van der Waals surface area contributed by atoms with Gasteiger partial charge in [0.25, 0.3) is 5.91 Å². The summed E-state index contributed by atoms with van der Waals surface area (Å²) in [6, 6.07) is 17.4. The lowest BCUT2D eigenvalue weighted by Gasteiger charge is -2.25. The number of benzene rings is 2. The molecule has 1 aliphatic heterocycles. The lowest BCUT2D eigenvalue weighted by Crippen LogP contribution is -2.36. The summed E-state index contributed by atoms with van der Waals surface area (Å²) >= 11 is 0. The van der Waals surface area contributed by atoms with Crippen LogP contribution in [0.5, 0.6) is 11.5 Å². The predicted molar refractivity (Wildman–Crippen MR) is 102 cm³/mol. The number of amides is 1. The minimum atomic E-state index is -0.265. The van der Waals surface area contributed by atoms with E-state index in [0.717, 1.165) is 28.3 Å². The zero-order chi connectivity index (χ0) is 18.9. The van der Waals surface area contributed by atoms with Gasteiger partial charge in [0.05, 0.1) is 5.69 Å². The zero-order valence-electron chi connectivity index (χ0n) is 15.3. The topological polar surface area (TPSA) is 76.2 Å². The van der Waals surface area contributed by atoms with Crippen LogP contribution in [0.4, 0.5) is 0 Å². The maximum atomic E-state index is 12.5. The number of nitrogens with zero attached hydrogens (tertiary/aromatic N) is 1. The van der Waals surface area contributed by atoms with Crippen molar-refractivity contribution in [1.29, 1.82) is 0 Å². The number of rotatable bonds is 5. The fraction of sp³-hybridized carbons (Fsp3) is 0.238. The molecule has 2 aromatic carbocycles. The van der Waals surface area contributed by atoms with Gasteiger partial charge in [-0.15, -0.1) is 0 Å². The summed E-state index contributed by atoms with van der Waals surface area (Å²) in [6.07, 6.45) is 0. The Morgan fingerprint density at radius 3 is 2.70 bits per heavy atom. The Hall–Kier alpha value is -3.28. The summed E-state index contributed by atoms with van der Waals surface area (Å²) in [6.45, 7) is 4.88. The van der Waals surface area contributed by atoms with Crippen molar-refractivity contribution in [2.75, 3.05) is 13.3 Å². The van der Waals surface area contributed by atoms with Gasteiger partial charge in [-0.1, -0.05) is 50.2 Å². The summed E-state index contributed by atoms with van der Waals surface area (Å²) in [5.74, 6) is 1.32. The summed E-state index contributed by atoms with van der Waals surface area (Å²) in [7, 11) is 0. The van der Waals surface area contributed by atoms with Crippen LogP contribution >= 0.6 is 0 Å². The Morgan fingerprint density at radius 2 is 1.89 bits per heavy atom. The molecular weight excluding hydrogens is 342 g/mol. The number of nitrogens with one attached hydrogen (secondary N) is 2. The minimum absolute atomic E-state index is 0.182. The highest BCUT2D eigenvalue weighted by Crippen LogP contribution is 2.36. The standard InChI is InChI=1S/C21H21N3O3/c1-21(2,15-8-9-18-19(10-15)27-13-26-18)12-22-20(25)17-11-16(23-24-17)14-6-4-3-5-7-14/h3-11H,12-13H2,1-2H3,(H,22,25)(H,23,24). The van der Waals surface area contributed by atoms with E-state index < -0.39 is 0 Å². The Kier molecular flexibility index (Phi) is 4.32. The van der Waals surface area contributed by atoms with Crippen molar-refractivity contribution in [1.82, 2.24) is 15.5 Å². The van der Waals surface area contributed by atoms with Crippen LogP contribution in [0.25, 0.3) is 11.3 Å². The van der Waals surface area contributed by atoms with E-state index in [2.05, 4.69) is 29.4 Å². The van der Waals surface area contributed by atoms with Crippen LogP contribution < -0.4 is 14.8 Å². The van der Waals surface area contributed by atoms with Crippen LogP contribution in [0.15, 0.2) is 54.6 Å². The van der Waals surface area contributed by atoms with Gasteiger partial charge in [0.1, 0.15) is 5.69 Å². The van der Waals surface area contributed by atoms with Gasteiger partial charge in [0.15, 0.2) is 11.5 Å². The largest absolute Gasteiger partial charge is 0.454 e. The molecule has 6 nitrogen and oxygen atoms in total. The maximum absolute atomic E-state index is 12.5. The number of aromatic nitrogens is 2. The molecule has 0 atom stereocenters. The molecule has 27 heavy (non-hydrogen) atoms. The Balaban J connectivity index is 1.43. The summed E-state index contributed by atoms with van der Waals surface area (Å²) < 4.78 is 10.8. The second-order valence-electron chi connectivity index (χ2n) is 7.17. The first-order valence-electron chi connectivity index (χ1n) is 8.82. The van der Waals surface area contributed by atoms with Gasteiger partial charge < -0.3 is 14.8 Å². The molecule has 1 aromatic heterocycles. The molecule has 2 N–H and O–H groups in total. The quantitative estimate of drug-likeness (QED) is 0.727. The first-order valence-corrected chi connectivity index (χ1v) is 8.82. The molecule has 3 aromatic rings. The van der Waals surface area contributed by atoms with E-state index in [4.69, 9.17) is 9.47 Å². The van der Waals surface area contributed by atoms with Gasteiger partial charge >= 0.3 is 0 Å². The molecule has 4 rings (SSSR count). The van der Waals surface area contributed by atoms with E-state index in [9.17, 15) is 4.79 Å². The van der Waals surface area contributed by atoms with Crippen molar-refractivity contribution in [3.05, 3.63) is 65.9 Å². The fourth-order valence-corrected chi connectivity index (χ4v) is 3.01. The van der Waals surface area contributed by atoms with E-state index >= 15 is 0 Å². The van der Waals surface area contributed by atoms with E-state index in [0.29, 0.717) is 12.2 Å². The van der Waals surface area contributed by atoms with Crippen molar-refractivity contribution in [2.45, 2.75) is 19.3 Å². The number of fused-ring (bicyclic) bond motifs is 1. The van der Waals surface area contributed by atoms with Gasteiger partial charge in [0, 0.05) is 17.5 Å². The van der Waals surface area contributed by atoms with Crippen LogP contribution in [0.3, 0.4) is 0 Å². The average molecular weight is 363 g/mol. The highest BCUT2D eigenvalue weighted by molar-refractivity contribution is 5.93. The third-order valence-electron chi connectivity index (χ3n) is 4.74. The summed E-state index contributed by atoms with van der Waals surface area (Å²) in [4.78, 5) is 12.5. The molecular formula is C21H21N3O3. The van der Waals surface area contributed by atoms with E-state index in [1.54, 1.807) is 6.07 Å². The van der Waals surface area contributed by atoms with Crippen LogP contribution in [0.1, 0.15) is 29.9 Å². The predicted octanol–water partition coefficient (Wildman–Crippen LogP) is 3.51. The van der Waals surface area contributed by atoms with Crippen molar-refractivity contribution < 1.29 is 14.3 Å². The molecule has 0 spiro atoms. The zero-order valence-corrected chi connectivity index (χ0v) is 15.3. The number of hydrogen-bond acceptors (Lipinski definition) is 4. The maximum Gasteiger partial charge on any atom is 0.269 e. The number of carbonyl (C=O) groups excluding carboxylic acids is 1. The van der Waals surface area contributed by atoms with Gasteiger partial charge in [-0.05, 0) is 23.8 Å². The molecule has 0 radical (unpaired) electrons. The number of ether oxygens (including phenoxy) is 2. The molecule has 0 saturated carbocycles. The normalized spacial score (nSPS) is 12.8. The highest BCUT2D eigenvalue weighted by Gasteiger charge is 2.25.